The first-order valence-electron chi connectivity index (χ1n) is 5.17. The van der Waals surface area contributed by atoms with Gasteiger partial charge in [0.1, 0.15) is 5.75 Å². The summed E-state index contributed by atoms with van der Waals surface area (Å²) < 4.78 is 5.05. The fraction of sp³-hybridized carbons (Fsp3) is 0.417. The summed E-state index contributed by atoms with van der Waals surface area (Å²) in [5, 5.41) is 0. The quantitative estimate of drug-likeness (QED) is 0.766. The lowest BCUT2D eigenvalue weighted by atomic mass is 10.2. The minimum Gasteiger partial charge on any atom is -0.497 e. The highest BCUT2D eigenvalue weighted by Crippen LogP contribution is 2.24. The molecule has 0 bridgehead atoms. The van der Waals surface area contributed by atoms with Gasteiger partial charge in [0.05, 0.1) is 16.8 Å². The predicted octanol–water partition coefficient (Wildman–Crippen LogP) is 3.41. The smallest absolute Gasteiger partial charge is 0.231 e. The maximum absolute atomic E-state index is 12.1. The first-order valence-corrected chi connectivity index (χ1v) is 7.00. The molecule has 1 rings (SSSR count). The number of methoxy groups -OCH3 is 1. The van der Waals surface area contributed by atoms with Crippen LogP contribution in [0.25, 0.3) is 0 Å². The fourth-order valence-corrected chi connectivity index (χ4v) is 1.80. The minimum absolute atomic E-state index is 0.0248. The Hall–Kier alpha value is -0.550. The van der Waals surface area contributed by atoms with Crippen LogP contribution in [0, 0.1) is 5.92 Å². The number of carbonyl (C=O) groups excluding carboxylic acids is 1. The van der Waals surface area contributed by atoms with Crippen LogP contribution < -0.4 is 9.64 Å². The van der Waals surface area contributed by atoms with Crippen molar-refractivity contribution in [1.29, 1.82) is 0 Å². The molecule has 1 unspecified atom stereocenters. The number of rotatable bonds is 4. The van der Waals surface area contributed by atoms with Crippen LogP contribution in [-0.2, 0) is 4.79 Å². The first-order chi connectivity index (χ1) is 7.97. The average molecular weight is 365 g/mol. The standard InChI is InChI=1S/C12H15Br2NO2/c1-8(11(13)14)12(16)15(2)9-4-6-10(17-3)7-5-9/h4-8,11H,1-3H3. The average Bonchev–Trinajstić information content (AvgIpc) is 2.36. The van der Waals surface area contributed by atoms with Crippen molar-refractivity contribution in [3.05, 3.63) is 24.3 Å². The molecule has 0 aliphatic heterocycles. The van der Waals surface area contributed by atoms with Gasteiger partial charge in [-0.05, 0) is 24.3 Å². The molecule has 0 fully saturated rings. The number of ether oxygens (including phenoxy) is 1. The summed E-state index contributed by atoms with van der Waals surface area (Å²) in [7, 11) is 3.38. The molecule has 0 spiro atoms. The van der Waals surface area contributed by atoms with E-state index in [1.165, 1.54) is 0 Å². The van der Waals surface area contributed by atoms with Crippen molar-refractivity contribution in [3.63, 3.8) is 0 Å². The number of hydrogen-bond acceptors (Lipinski definition) is 2. The molecule has 17 heavy (non-hydrogen) atoms. The molecule has 1 amide bonds. The number of amides is 1. The molecule has 0 heterocycles. The predicted molar refractivity (Wildman–Crippen MR) is 77.2 cm³/mol. The maximum Gasteiger partial charge on any atom is 0.231 e. The van der Waals surface area contributed by atoms with Crippen molar-refractivity contribution in [2.24, 2.45) is 5.92 Å². The van der Waals surface area contributed by atoms with Crippen molar-refractivity contribution in [2.75, 3.05) is 19.1 Å². The Morgan fingerprint density at radius 1 is 1.29 bits per heavy atom. The number of halogens is 2. The highest BCUT2D eigenvalue weighted by Gasteiger charge is 2.23. The van der Waals surface area contributed by atoms with Gasteiger partial charge in [0.25, 0.3) is 0 Å². The Bertz CT molecular complexity index is 379. The van der Waals surface area contributed by atoms with Gasteiger partial charge in [0.15, 0.2) is 0 Å². The molecule has 3 nitrogen and oxygen atoms in total. The van der Waals surface area contributed by atoms with Gasteiger partial charge in [-0.2, -0.15) is 0 Å². The molecule has 0 aliphatic carbocycles. The lowest BCUT2D eigenvalue weighted by Gasteiger charge is -2.22. The molecule has 1 aromatic rings. The van der Waals surface area contributed by atoms with E-state index >= 15 is 0 Å². The van der Waals surface area contributed by atoms with E-state index in [0.717, 1.165) is 11.4 Å². The van der Waals surface area contributed by atoms with Crippen LogP contribution in [0.15, 0.2) is 24.3 Å². The summed E-state index contributed by atoms with van der Waals surface area (Å²) in [6.07, 6.45) is 0. The zero-order valence-electron chi connectivity index (χ0n) is 9.98. The molecule has 0 aromatic heterocycles. The SMILES string of the molecule is COc1ccc(N(C)C(=O)C(C)C(Br)Br)cc1. The van der Waals surface area contributed by atoms with Crippen LogP contribution in [0.1, 0.15) is 6.92 Å². The van der Waals surface area contributed by atoms with Crippen LogP contribution in [0.3, 0.4) is 0 Å². The second kappa shape index (κ2) is 6.40. The van der Waals surface area contributed by atoms with Gasteiger partial charge in [-0.3, -0.25) is 4.79 Å². The van der Waals surface area contributed by atoms with Crippen LogP contribution in [0.5, 0.6) is 5.75 Å². The second-order valence-electron chi connectivity index (χ2n) is 3.72. The van der Waals surface area contributed by atoms with E-state index < -0.39 is 0 Å². The molecular formula is C12H15Br2NO2. The van der Waals surface area contributed by atoms with Crippen LogP contribution in [-0.4, -0.2) is 23.8 Å². The van der Waals surface area contributed by atoms with E-state index in [0.29, 0.717) is 0 Å². The number of alkyl halides is 2. The number of nitrogens with zero attached hydrogens (tertiary/aromatic N) is 1. The van der Waals surface area contributed by atoms with Crippen LogP contribution in [0.2, 0.25) is 0 Å². The number of carbonyl (C=O) groups is 1. The summed E-state index contributed by atoms with van der Waals surface area (Å²) in [4.78, 5) is 13.7. The second-order valence-corrected chi connectivity index (χ2v) is 6.92. The van der Waals surface area contributed by atoms with E-state index in [-0.39, 0.29) is 15.6 Å². The lowest BCUT2D eigenvalue weighted by molar-refractivity contribution is -0.121. The molecule has 0 radical (unpaired) electrons. The number of benzene rings is 1. The zero-order chi connectivity index (χ0) is 13.0. The van der Waals surface area contributed by atoms with Gasteiger partial charge in [-0.25, -0.2) is 0 Å². The van der Waals surface area contributed by atoms with Crippen LogP contribution in [0.4, 0.5) is 5.69 Å². The van der Waals surface area contributed by atoms with Gasteiger partial charge in [-0.1, -0.05) is 38.8 Å². The van der Waals surface area contributed by atoms with E-state index in [1.54, 1.807) is 19.1 Å². The van der Waals surface area contributed by atoms with Gasteiger partial charge >= 0.3 is 0 Å². The van der Waals surface area contributed by atoms with Crippen molar-refractivity contribution >= 4 is 43.5 Å². The summed E-state index contributed by atoms with van der Waals surface area (Å²) in [6.45, 7) is 1.87. The van der Waals surface area contributed by atoms with Crippen LogP contribution >= 0.6 is 31.9 Å². The minimum atomic E-state index is -0.137. The summed E-state index contributed by atoms with van der Waals surface area (Å²) in [5.74, 6) is 0.692. The topological polar surface area (TPSA) is 29.5 Å². The largest absolute Gasteiger partial charge is 0.497 e. The normalized spacial score (nSPS) is 12.4. The van der Waals surface area contributed by atoms with E-state index in [2.05, 4.69) is 31.9 Å². The van der Waals surface area contributed by atoms with E-state index in [1.807, 2.05) is 31.2 Å². The Morgan fingerprint density at radius 2 is 1.82 bits per heavy atom. The molecule has 0 saturated carbocycles. The molecule has 0 N–H and O–H groups in total. The molecule has 5 heteroatoms. The third-order valence-corrected chi connectivity index (χ3v) is 4.14. The molecule has 1 atom stereocenters. The van der Waals surface area contributed by atoms with Crippen molar-refractivity contribution in [2.45, 2.75) is 10.7 Å². The summed E-state index contributed by atoms with van der Waals surface area (Å²) >= 11 is 6.71. The third-order valence-electron chi connectivity index (χ3n) is 2.56. The number of hydrogen-bond donors (Lipinski definition) is 0. The fourth-order valence-electron chi connectivity index (χ4n) is 1.35. The van der Waals surface area contributed by atoms with Crippen molar-refractivity contribution < 1.29 is 9.53 Å². The Morgan fingerprint density at radius 3 is 2.24 bits per heavy atom. The first kappa shape index (κ1) is 14.5. The molecule has 0 saturated heterocycles. The van der Waals surface area contributed by atoms with Gasteiger partial charge in [0.2, 0.25) is 5.91 Å². The van der Waals surface area contributed by atoms with Gasteiger partial charge < -0.3 is 9.64 Å². The molecular weight excluding hydrogens is 350 g/mol. The number of anilines is 1. The monoisotopic (exact) mass is 363 g/mol. The Kier molecular flexibility index (Phi) is 5.46. The van der Waals surface area contributed by atoms with Crippen molar-refractivity contribution in [3.8, 4) is 5.75 Å². The van der Waals surface area contributed by atoms with E-state index in [9.17, 15) is 4.79 Å². The van der Waals surface area contributed by atoms with Gasteiger partial charge in [0, 0.05) is 12.7 Å². The third kappa shape index (κ3) is 3.71. The molecule has 1 aromatic carbocycles. The zero-order valence-corrected chi connectivity index (χ0v) is 13.2. The van der Waals surface area contributed by atoms with Gasteiger partial charge in [-0.15, -0.1) is 0 Å². The molecule has 0 aliphatic rings. The Balaban J connectivity index is 2.81. The molecule has 94 valence electrons. The highest BCUT2D eigenvalue weighted by atomic mass is 79.9. The van der Waals surface area contributed by atoms with E-state index in [4.69, 9.17) is 4.74 Å². The Labute approximate surface area is 118 Å². The summed E-state index contributed by atoms with van der Waals surface area (Å²) in [5.41, 5.74) is 0.850. The lowest BCUT2D eigenvalue weighted by Crippen LogP contribution is -2.33. The highest BCUT2D eigenvalue weighted by molar-refractivity contribution is 9.24. The maximum atomic E-state index is 12.1. The summed E-state index contributed by atoms with van der Waals surface area (Å²) in [6, 6.07) is 7.40. The van der Waals surface area contributed by atoms with Crippen molar-refractivity contribution in [1.82, 2.24) is 0 Å².